The lowest BCUT2D eigenvalue weighted by Crippen LogP contribution is -2.62. The summed E-state index contributed by atoms with van der Waals surface area (Å²) < 4.78 is 15.9. The van der Waals surface area contributed by atoms with Crippen molar-refractivity contribution in [1.82, 2.24) is 24.4 Å². The molecule has 34 heavy (non-hydrogen) atoms. The van der Waals surface area contributed by atoms with Crippen LogP contribution in [-0.4, -0.2) is 62.1 Å². The molecule has 4 heterocycles. The first-order valence-electron chi connectivity index (χ1n) is 11.8. The highest BCUT2D eigenvalue weighted by atomic mass is 35.5. The van der Waals surface area contributed by atoms with Gasteiger partial charge in [-0.2, -0.15) is 0 Å². The average molecular weight is 484 g/mol. The molecule has 0 radical (unpaired) electrons. The molecule has 3 aromatic rings. The molecule has 1 aromatic carbocycles. The summed E-state index contributed by atoms with van der Waals surface area (Å²) in [5.74, 6) is -0.0859. The lowest BCUT2D eigenvalue weighted by molar-refractivity contribution is -0.126. The van der Waals surface area contributed by atoms with Crippen molar-refractivity contribution >= 4 is 23.2 Å². The molecule has 1 saturated heterocycles. The van der Waals surface area contributed by atoms with Gasteiger partial charge in [0.2, 0.25) is 0 Å². The van der Waals surface area contributed by atoms with Crippen LogP contribution in [0.2, 0.25) is 5.02 Å². The van der Waals surface area contributed by atoms with Crippen LogP contribution in [0.5, 0.6) is 0 Å². The van der Waals surface area contributed by atoms with Gasteiger partial charge in [-0.25, -0.2) is 4.39 Å². The van der Waals surface area contributed by atoms with Gasteiger partial charge >= 0.3 is 0 Å². The van der Waals surface area contributed by atoms with Crippen molar-refractivity contribution in [2.45, 2.75) is 38.3 Å². The summed E-state index contributed by atoms with van der Waals surface area (Å²) >= 11 is 6.27. The topological polar surface area (TPSA) is 74.0 Å². The van der Waals surface area contributed by atoms with Crippen LogP contribution in [-0.2, 0) is 13.0 Å². The minimum Gasteiger partial charge on any atom is -0.388 e. The minimum absolute atomic E-state index is 0.0741. The Labute approximate surface area is 202 Å². The number of aliphatic hydroxyl groups excluding tert-OH is 1. The van der Waals surface area contributed by atoms with Crippen molar-refractivity contribution in [3.05, 3.63) is 63.8 Å². The number of carbonyl (C=O) groups is 1. The second-order valence-corrected chi connectivity index (χ2v) is 10.7. The van der Waals surface area contributed by atoms with E-state index in [2.05, 4.69) is 15.1 Å². The van der Waals surface area contributed by atoms with Crippen molar-refractivity contribution in [1.29, 1.82) is 0 Å². The summed E-state index contributed by atoms with van der Waals surface area (Å²) in [4.78, 5) is 16.5. The Balaban J connectivity index is 1.01. The smallest absolute Gasteiger partial charge is 0.255 e. The number of aliphatic hydroxyl groups is 1. The van der Waals surface area contributed by atoms with Gasteiger partial charge in [0.05, 0.1) is 16.7 Å². The van der Waals surface area contributed by atoms with Crippen LogP contribution in [0, 0.1) is 17.2 Å². The fraction of sp³-hybridized carbons (Fsp3) is 0.480. The Morgan fingerprint density at radius 1 is 1.32 bits per heavy atom. The Morgan fingerprint density at radius 2 is 2.12 bits per heavy atom. The first kappa shape index (κ1) is 21.9. The molecule has 6 rings (SSSR count). The normalized spacial score (nSPS) is 20.6. The summed E-state index contributed by atoms with van der Waals surface area (Å²) in [7, 11) is 1.76. The van der Waals surface area contributed by atoms with Gasteiger partial charge < -0.3 is 14.9 Å². The quantitative estimate of drug-likeness (QED) is 0.581. The second-order valence-electron chi connectivity index (χ2n) is 10.3. The summed E-state index contributed by atoms with van der Waals surface area (Å²) in [6, 6.07) is 5.39. The van der Waals surface area contributed by atoms with Gasteiger partial charge in [-0.1, -0.05) is 17.7 Å². The molecule has 9 heteroatoms. The predicted octanol–water partition coefficient (Wildman–Crippen LogP) is 3.49. The zero-order valence-corrected chi connectivity index (χ0v) is 19.8. The molecule has 1 atom stereocenters. The number of hydrogen-bond donors (Lipinski definition) is 1. The van der Waals surface area contributed by atoms with Gasteiger partial charge in [-0.05, 0) is 72.4 Å². The highest BCUT2D eigenvalue weighted by molar-refractivity contribution is 6.34. The number of hydrogen-bond acceptors (Lipinski definition) is 5. The monoisotopic (exact) mass is 483 g/mol. The van der Waals surface area contributed by atoms with Crippen molar-refractivity contribution in [2.24, 2.45) is 11.3 Å². The number of rotatable bonds is 6. The SMILES string of the molecule is CN1Cc2c(C(O)C3CC4(C3)CN(CCCc3cc5nncn5cc3F)C4)ccc(Cl)c2C1=O. The van der Waals surface area contributed by atoms with Crippen molar-refractivity contribution in [2.75, 3.05) is 26.7 Å². The van der Waals surface area contributed by atoms with E-state index in [0.717, 1.165) is 50.0 Å². The third-order valence-corrected chi connectivity index (χ3v) is 8.23. The van der Waals surface area contributed by atoms with Gasteiger partial charge in [0.25, 0.3) is 5.91 Å². The number of benzene rings is 1. The maximum atomic E-state index is 14.3. The van der Waals surface area contributed by atoms with Crippen LogP contribution in [0.25, 0.3) is 5.65 Å². The molecular weight excluding hydrogens is 457 g/mol. The lowest BCUT2D eigenvalue weighted by Gasteiger charge is -2.60. The summed E-state index contributed by atoms with van der Waals surface area (Å²) in [6.45, 7) is 3.49. The molecule has 1 amide bonds. The zero-order valence-electron chi connectivity index (χ0n) is 19.0. The molecule has 0 bridgehead atoms. The highest BCUT2D eigenvalue weighted by Gasteiger charge is 2.54. The van der Waals surface area contributed by atoms with E-state index < -0.39 is 6.10 Å². The Kier molecular flexibility index (Phi) is 5.17. The largest absolute Gasteiger partial charge is 0.388 e. The molecule has 1 unspecified atom stereocenters. The highest BCUT2D eigenvalue weighted by Crippen LogP contribution is 2.56. The first-order valence-corrected chi connectivity index (χ1v) is 12.2. The van der Waals surface area contributed by atoms with Crippen molar-refractivity contribution < 1.29 is 14.3 Å². The molecule has 2 aliphatic heterocycles. The number of pyridine rings is 1. The lowest BCUT2D eigenvalue weighted by atomic mass is 9.55. The van der Waals surface area contributed by atoms with E-state index in [1.54, 1.807) is 28.5 Å². The number of aryl methyl sites for hydroxylation is 1. The molecule has 1 aliphatic carbocycles. The molecule has 2 fully saturated rings. The van der Waals surface area contributed by atoms with Gasteiger partial charge in [0.15, 0.2) is 5.65 Å². The van der Waals surface area contributed by atoms with E-state index in [0.29, 0.717) is 40.2 Å². The number of nitrogens with zero attached hydrogens (tertiary/aromatic N) is 5. The summed E-state index contributed by atoms with van der Waals surface area (Å²) in [6.07, 6.45) is 5.92. The van der Waals surface area contributed by atoms with Crippen LogP contribution >= 0.6 is 11.6 Å². The number of amides is 1. The Morgan fingerprint density at radius 3 is 2.91 bits per heavy atom. The van der Waals surface area contributed by atoms with E-state index in [4.69, 9.17) is 11.6 Å². The number of fused-ring (bicyclic) bond motifs is 2. The van der Waals surface area contributed by atoms with Crippen LogP contribution in [0.3, 0.4) is 0 Å². The summed E-state index contributed by atoms with van der Waals surface area (Å²) in [5, 5.41) is 19.4. The standard InChI is InChI=1S/C25H27ClFN5O2/c1-30-10-18-17(4-5-19(26)22(18)24(30)34)23(33)16-8-25(9-16)12-31(13-25)6-2-3-15-7-21-29-28-14-32(21)11-20(15)27/h4-5,7,11,14,16,23,33H,2-3,6,8-10,12-13H2,1H3. The van der Waals surface area contributed by atoms with E-state index in [1.807, 2.05) is 6.07 Å². The molecule has 7 nitrogen and oxygen atoms in total. The third-order valence-electron chi connectivity index (χ3n) is 7.91. The fourth-order valence-electron chi connectivity index (χ4n) is 6.23. The second kappa shape index (κ2) is 8.00. The molecule has 2 aromatic heterocycles. The minimum atomic E-state index is -0.569. The van der Waals surface area contributed by atoms with Gasteiger partial charge in [-0.3, -0.25) is 9.20 Å². The van der Waals surface area contributed by atoms with Crippen LogP contribution in [0.4, 0.5) is 4.39 Å². The first-order chi connectivity index (χ1) is 16.3. The molecule has 1 saturated carbocycles. The number of likely N-dealkylation sites (tertiary alicyclic amines) is 1. The summed E-state index contributed by atoms with van der Waals surface area (Å²) in [5.41, 5.74) is 3.91. The molecule has 1 N–H and O–H groups in total. The predicted molar refractivity (Wildman–Crippen MR) is 125 cm³/mol. The molecule has 178 valence electrons. The molecule has 1 spiro atoms. The molecule has 3 aliphatic rings. The van der Waals surface area contributed by atoms with E-state index in [9.17, 15) is 14.3 Å². The average Bonchev–Trinajstić information content (AvgIpc) is 3.32. The van der Waals surface area contributed by atoms with Crippen LogP contribution in [0.15, 0.2) is 30.7 Å². The van der Waals surface area contributed by atoms with Crippen LogP contribution in [0.1, 0.15) is 52.4 Å². The molecular formula is C25H27ClFN5O2. The van der Waals surface area contributed by atoms with Crippen molar-refractivity contribution in [3.8, 4) is 0 Å². The number of halogens is 2. The van der Waals surface area contributed by atoms with E-state index in [1.165, 1.54) is 12.5 Å². The number of aromatic nitrogens is 3. The van der Waals surface area contributed by atoms with Gasteiger partial charge in [-0.15, -0.1) is 10.2 Å². The third kappa shape index (κ3) is 3.51. The maximum absolute atomic E-state index is 14.3. The Bertz CT molecular complexity index is 1280. The van der Waals surface area contributed by atoms with E-state index in [-0.39, 0.29) is 17.6 Å². The fourth-order valence-corrected chi connectivity index (χ4v) is 6.49. The van der Waals surface area contributed by atoms with E-state index >= 15 is 0 Å². The number of carbonyl (C=O) groups excluding carboxylic acids is 1. The van der Waals surface area contributed by atoms with Crippen LogP contribution < -0.4 is 0 Å². The van der Waals surface area contributed by atoms with Crippen molar-refractivity contribution in [3.63, 3.8) is 0 Å². The van der Waals surface area contributed by atoms with Gasteiger partial charge in [0.1, 0.15) is 12.1 Å². The Hall–Kier alpha value is -2.55. The van der Waals surface area contributed by atoms with Gasteiger partial charge in [0, 0.05) is 32.9 Å². The zero-order chi connectivity index (χ0) is 23.6. The maximum Gasteiger partial charge on any atom is 0.255 e.